The average Bonchev–Trinajstić information content (AvgIpc) is 4.02. The number of hydrogen-bond acceptors (Lipinski definition) is 2. The normalized spacial score (nSPS) is 16.0. The van der Waals surface area contributed by atoms with Gasteiger partial charge in [0.2, 0.25) is 0 Å². The molecule has 1 saturated heterocycles. The molecule has 5 nitrogen and oxygen atoms in total. The number of benzene rings is 11. The van der Waals surface area contributed by atoms with Crippen molar-refractivity contribution in [2.24, 2.45) is 5.73 Å². The Labute approximate surface area is 387 Å². The van der Waals surface area contributed by atoms with Gasteiger partial charge in [-0.1, -0.05) is 188 Å². The van der Waals surface area contributed by atoms with Crippen LogP contribution in [0.15, 0.2) is 224 Å². The Morgan fingerprint density at radius 3 is 1.88 bits per heavy atom. The summed E-state index contributed by atoms with van der Waals surface area (Å²) in [5.74, 6) is 0. The number of fused-ring (bicyclic) bond motifs is 11. The smallest absolute Gasteiger partial charge is 0.170 e. The highest BCUT2D eigenvalue weighted by Crippen LogP contribution is 2.46. The lowest BCUT2D eigenvalue weighted by molar-refractivity contribution is -0.748. The van der Waals surface area contributed by atoms with Gasteiger partial charge in [0.05, 0.1) is 33.8 Å². The fraction of sp³-hybridized carbons (Fsp3) is 0.0645. The number of para-hydroxylation sites is 2. The van der Waals surface area contributed by atoms with Gasteiger partial charge in [0, 0.05) is 55.7 Å². The van der Waals surface area contributed by atoms with Crippen LogP contribution in [0.5, 0.6) is 0 Å². The van der Waals surface area contributed by atoms with Crippen LogP contribution in [-0.2, 0) is 0 Å². The van der Waals surface area contributed by atoms with E-state index in [9.17, 15) is 0 Å². The third-order valence-electron chi connectivity index (χ3n) is 14.7. The van der Waals surface area contributed by atoms with Crippen molar-refractivity contribution in [3.05, 3.63) is 241 Å². The van der Waals surface area contributed by atoms with Crippen LogP contribution in [-0.4, -0.2) is 20.6 Å². The van der Waals surface area contributed by atoms with E-state index in [1.807, 2.05) is 0 Å². The van der Waals surface area contributed by atoms with E-state index in [0.29, 0.717) is 6.04 Å². The van der Waals surface area contributed by atoms with Crippen LogP contribution in [0.25, 0.3) is 98.1 Å². The van der Waals surface area contributed by atoms with Crippen LogP contribution in [0.1, 0.15) is 35.1 Å². The van der Waals surface area contributed by atoms with Gasteiger partial charge in [0.1, 0.15) is 0 Å². The van der Waals surface area contributed by atoms with Gasteiger partial charge in [0.15, 0.2) is 12.3 Å². The number of nitrogens with zero attached hydrogens (tertiary/aromatic N) is 3. The Kier molecular flexibility index (Phi) is 8.55. The van der Waals surface area contributed by atoms with Crippen molar-refractivity contribution in [2.45, 2.75) is 18.4 Å². The highest BCUT2D eigenvalue weighted by Gasteiger charge is 2.44. The Bertz CT molecular complexity index is 4100. The second kappa shape index (κ2) is 15.0. The van der Waals surface area contributed by atoms with Crippen LogP contribution in [0.3, 0.4) is 0 Å². The van der Waals surface area contributed by atoms with Gasteiger partial charge in [-0.2, -0.15) is 0 Å². The number of rotatable bonds is 8. The molecule has 0 amide bonds. The predicted octanol–water partition coefficient (Wildman–Crippen LogP) is 13.8. The maximum atomic E-state index is 7.24. The fourth-order valence-corrected chi connectivity index (χ4v) is 11.5. The number of nitrogens with two attached hydrogens (primary N) is 2. The maximum absolute atomic E-state index is 7.24. The van der Waals surface area contributed by atoms with Crippen LogP contribution in [0, 0.1) is 0 Å². The molecule has 3 heterocycles. The number of aromatic nitrogens is 2. The molecule has 4 unspecified atom stereocenters. The summed E-state index contributed by atoms with van der Waals surface area (Å²) in [7, 11) is 0. The zero-order chi connectivity index (χ0) is 44.2. The van der Waals surface area contributed by atoms with Crippen molar-refractivity contribution in [2.75, 3.05) is 6.54 Å². The lowest BCUT2D eigenvalue weighted by Gasteiger charge is -2.23. The van der Waals surface area contributed by atoms with Crippen molar-refractivity contribution in [1.82, 2.24) is 14.0 Å². The maximum Gasteiger partial charge on any atom is 0.170 e. The SMILES string of the molecule is NC([NH2+]C(c1ccc2ccc(-n3c4ccccc4c4c(-n5c6ccccc6c6ccc7ccccc7c65)c5ccccc5cc43)cc2c1)N1CC1c1ccccc1)c1cccc2ccccc12. The molecule has 5 heteroatoms. The predicted molar refractivity (Wildman–Crippen MR) is 279 cm³/mol. The summed E-state index contributed by atoms with van der Waals surface area (Å²) in [5.41, 5.74) is 18.1. The molecule has 0 spiro atoms. The van der Waals surface area contributed by atoms with Crippen LogP contribution >= 0.6 is 0 Å². The topological polar surface area (TPSA) is 55.5 Å². The van der Waals surface area contributed by atoms with Crippen molar-refractivity contribution in [3.63, 3.8) is 0 Å². The van der Waals surface area contributed by atoms with Crippen molar-refractivity contribution < 1.29 is 5.32 Å². The third kappa shape index (κ3) is 5.99. The highest BCUT2D eigenvalue weighted by atomic mass is 15.4. The second-order valence-corrected chi connectivity index (χ2v) is 18.4. The summed E-state index contributed by atoms with van der Waals surface area (Å²) in [6.45, 7) is 0.977. The zero-order valence-corrected chi connectivity index (χ0v) is 36.8. The lowest BCUT2D eigenvalue weighted by Crippen LogP contribution is -2.90. The summed E-state index contributed by atoms with van der Waals surface area (Å²) in [6.07, 6.45) is -0.249. The molecule has 0 bridgehead atoms. The Hall–Kier alpha value is -8.06. The molecule has 2 aromatic heterocycles. The summed E-state index contributed by atoms with van der Waals surface area (Å²) < 4.78 is 5.06. The van der Waals surface area contributed by atoms with E-state index in [1.54, 1.807) is 0 Å². The lowest BCUT2D eigenvalue weighted by atomic mass is 10.0. The van der Waals surface area contributed by atoms with Crippen molar-refractivity contribution in [3.8, 4) is 11.4 Å². The van der Waals surface area contributed by atoms with Crippen molar-refractivity contribution in [1.29, 1.82) is 0 Å². The first kappa shape index (κ1) is 38.2. The highest BCUT2D eigenvalue weighted by molar-refractivity contribution is 6.24. The van der Waals surface area contributed by atoms with E-state index in [2.05, 4.69) is 244 Å². The molecule has 318 valence electrons. The van der Waals surface area contributed by atoms with Gasteiger partial charge in [0.25, 0.3) is 0 Å². The quantitative estimate of drug-likeness (QED) is 0.118. The van der Waals surface area contributed by atoms with E-state index in [1.165, 1.54) is 104 Å². The van der Waals surface area contributed by atoms with Crippen LogP contribution in [0.4, 0.5) is 0 Å². The Morgan fingerprint density at radius 1 is 0.433 bits per heavy atom. The first-order valence-electron chi connectivity index (χ1n) is 23.5. The van der Waals surface area contributed by atoms with Gasteiger partial charge >= 0.3 is 0 Å². The van der Waals surface area contributed by atoms with E-state index in [0.717, 1.165) is 17.8 Å². The summed E-state index contributed by atoms with van der Waals surface area (Å²) >= 11 is 0. The molecule has 1 aliphatic rings. The van der Waals surface area contributed by atoms with Gasteiger partial charge in [-0.05, 0) is 74.3 Å². The summed E-state index contributed by atoms with van der Waals surface area (Å²) in [5, 5.41) is 17.1. The third-order valence-corrected chi connectivity index (χ3v) is 14.7. The van der Waals surface area contributed by atoms with E-state index in [-0.39, 0.29) is 12.3 Å². The fourth-order valence-electron chi connectivity index (χ4n) is 11.5. The van der Waals surface area contributed by atoms with E-state index < -0.39 is 0 Å². The minimum atomic E-state index is -0.260. The molecule has 0 aliphatic carbocycles. The first-order chi connectivity index (χ1) is 33.2. The zero-order valence-electron chi connectivity index (χ0n) is 36.8. The molecule has 14 rings (SSSR count). The molecule has 0 radical (unpaired) electrons. The molecule has 0 saturated carbocycles. The van der Waals surface area contributed by atoms with Gasteiger partial charge in [-0.25, -0.2) is 4.90 Å². The monoisotopic (exact) mass is 860 g/mol. The largest absolute Gasteiger partial charge is 0.309 e. The summed E-state index contributed by atoms with van der Waals surface area (Å²) in [4.78, 5) is 2.59. The Morgan fingerprint density at radius 2 is 1.06 bits per heavy atom. The molecule has 67 heavy (non-hydrogen) atoms. The molecule has 4 atom stereocenters. The minimum Gasteiger partial charge on any atom is -0.309 e. The van der Waals surface area contributed by atoms with Crippen molar-refractivity contribution >= 4 is 86.7 Å². The number of hydrogen-bond donors (Lipinski definition) is 2. The van der Waals surface area contributed by atoms with Gasteiger partial charge in [-0.15, -0.1) is 0 Å². The number of quaternary nitrogens is 1. The molecular formula is C62H46N5+. The van der Waals surface area contributed by atoms with E-state index >= 15 is 0 Å². The molecule has 13 aromatic rings. The molecule has 4 N–H and O–H groups in total. The second-order valence-electron chi connectivity index (χ2n) is 18.4. The van der Waals surface area contributed by atoms with E-state index in [4.69, 9.17) is 5.73 Å². The summed E-state index contributed by atoms with van der Waals surface area (Å²) in [6, 6.07) is 82.9. The standard InChI is InChI=1S/C62H45N5/c63-61(52-26-14-20-40-15-4-7-21-47(40)52)64-62(65-38-57(65)42-17-2-1-3-18-42)44-30-29-39-31-33-46(36-45(39)35-44)66-55-28-13-11-25-53(55)58-56(66)37-43-19-6-9-23-49(43)60(58)67-54-27-12-10-24-50(54)51-34-32-41-16-5-8-22-48(41)59(51)67/h1-37,57,61-62,64H,38,63H2/p+1. The average molecular weight is 861 g/mol. The molecule has 1 fully saturated rings. The minimum absolute atomic E-state index is 0.0108. The first-order valence-corrected chi connectivity index (χ1v) is 23.5. The Balaban J connectivity index is 0.970. The molecule has 11 aromatic carbocycles. The van der Waals surface area contributed by atoms with Gasteiger partial charge in [-0.3, -0.25) is 5.73 Å². The molecule has 1 aliphatic heterocycles. The molecular weight excluding hydrogens is 815 g/mol. The van der Waals surface area contributed by atoms with Crippen LogP contribution < -0.4 is 11.1 Å². The van der Waals surface area contributed by atoms with Crippen LogP contribution in [0.2, 0.25) is 0 Å². The van der Waals surface area contributed by atoms with Gasteiger partial charge < -0.3 is 14.5 Å².